The third-order valence-electron chi connectivity index (χ3n) is 12.6. The second-order valence-corrected chi connectivity index (χ2v) is 24.9. The van der Waals surface area contributed by atoms with Crippen molar-refractivity contribution in [2.24, 2.45) is 4.99 Å². The minimum atomic E-state index is -2.32. The molecule has 0 saturated carbocycles. The Hall–Kier alpha value is -3.27. The zero-order chi connectivity index (χ0) is 42.9. The Morgan fingerprint density at radius 2 is 1.35 bits per heavy atom. The number of nitrogens with zero attached hydrogens (tertiary/aromatic N) is 2. The first kappa shape index (κ1) is 44.8. The minimum Gasteiger partial charge on any atom is -0.542 e. The van der Waals surface area contributed by atoms with Crippen LogP contribution in [0.2, 0.25) is 28.2 Å². The molecule has 0 saturated heterocycles. The maximum absolute atomic E-state index is 7.65. The van der Waals surface area contributed by atoms with Crippen LogP contribution in [-0.4, -0.2) is 31.8 Å². The predicted octanol–water partition coefficient (Wildman–Crippen LogP) is 15.7. The summed E-state index contributed by atoms with van der Waals surface area (Å²) in [5.74, 6) is 2.46. The molecule has 60 heavy (non-hydrogen) atoms. The highest BCUT2D eigenvalue weighted by molar-refractivity contribution is 9.11. The van der Waals surface area contributed by atoms with E-state index in [2.05, 4.69) is 121 Å². The third-order valence-corrected chi connectivity index (χ3v) is 18.7. The Balaban J connectivity index is 1.53. The summed E-state index contributed by atoms with van der Waals surface area (Å²) in [5.41, 5.74) is 12.1. The summed E-state index contributed by atoms with van der Waals surface area (Å²) in [6.07, 6.45) is 12.0. The first-order valence-corrected chi connectivity index (χ1v) is 26.3. The number of ether oxygens (including phenoxy) is 2. The number of fused-ring (bicyclic) bond motifs is 2. The van der Waals surface area contributed by atoms with E-state index in [9.17, 15) is 0 Å². The molecule has 0 aliphatic heterocycles. The van der Waals surface area contributed by atoms with Crippen LogP contribution < -0.4 is 13.9 Å². The highest BCUT2D eigenvalue weighted by Gasteiger charge is 2.41. The van der Waals surface area contributed by atoms with Gasteiger partial charge in [0.2, 0.25) is 0 Å². The summed E-state index contributed by atoms with van der Waals surface area (Å²) in [4.78, 5) is 5.35. The van der Waals surface area contributed by atoms with E-state index in [0.717, 1.165) is 105 Å². The van der Waals surface area contributed by atoms with Crippen molar-refractivity contribution < 1.29 is 13.9 Å². The summed E-state index contributed by atoms with van der Waals surface area (Å²) in [7, 11) is -0.619. The highest BCUT2D eigenvalue weighted by atomic mass is 79.9. The molecule has 10 heteroatoms. The van der Waals surface area contributed by atoms with Crippen LogP contribution >= 0.6 is 55.1 Å². The van der Waals surface area contributed by atoms with Crippen LogP contribution in [0.5, 0.6) is 17.2 Å². The molecule has 0 unspecified atom stereocenters. The monoisotopic (exact) mass is 988 g/mol. The van der Waals surface area contributed by atoms with Crippen LogP contribution in [-0.2, 0) is 32.2 Å². The average Bonchev–Trinajstić information content (AvgIpc) is 3.53. The summed E-state index contributed by atoms with van der Waals surface area (Å²) in [6.45, 7) is 16.3. The average molecular weight is 992 g/mol. The van der Waals surface area contributed by atoms with Crippen molar-refractivity contribution in [3.63, 3.8) is 0 Å². The Labute approximate surface area is 384 Å². The van der Waals surface area contributed by atoms with E-state index in [0.29, 0.717) is 22.3 Å². The van der Waals surface area contributed by atoms with Crippen molar-refractivity contribution in [2.75, 3.05) is 7.11 Å². The number of benzene rings is 4. The Morgan fingerprint density at radius 3 is 1.93 bits per heavy atom. The molecule has 0 spiro atoms. The number of methoxy groups -OCH3 is 1. The van der Waals surface area contributed by atoms with Gasteiger partial charge in [-0.1, -0.05) is 74.3 Å². The van der Waals surface area contributed by atoms with E-state index in [1.165, 1.54) is 28.7 Å². The molecule has 0 fully saturated rings. The molecule has 0 amide bonds. The van der Waals surface area contributed by atoms with Gasteiger partial charge in [-0.3, -0.25) is 0 Å². The fourth-order valence-electron chi connectivity index (χ4n) is 8.23. The molecular weight excluding hydrogens is 935 g/mol. The second kappa shape index (κ2) is 18.6. The molecule has 1 heterocycles. The quantitative estimate of drug-likeness (QED) is 0.0924. The van der Waals surface area contributed by atoms with Crippen LogP contribution in [0.25, 0.3) is 17.2 Å². The molecule has 1 atom stereocenters. The van der Waals surface area contributed by atoms with E-state index in [1.807, 2.05) is 42.5 Å². The summed E-state index contributed by atoms with van der Waals surface area (Å²) < 4.78 is 25.1. The summed E-state index contributed by atoms with van der Waals surface area (Å²) in [5, 5.41) is 0.930. The van der Waals surface area contributed by atoms with Crippen molar-refractivity contribution >= 4 is 80.9 Å². The highest BCUT2D eigenvalue weighted by Crippen LogP contribution is 2.53. The lowest BCUT2D eigenvalue weighted by Gasteiger charge is -2.39. The largest absolute Gasteiger partial charge is 0.542 e. The van der Waals surface area contributed by atoms with Gasteiger partial charge in [0.05, 0.1) is 38.4 Å². The number of aromatic nitrogens is 1. The molecular formula is C50H56Br2Cl2N2O3Si. The Morgan fingerprint density at radius 1 is 0.800 bits per heavy atom. The standard InChI is InChI=1S/C50H56Br2Cl2N2O3Si/c1-31-24-25-32(2)56(31)30-42(55-47-40(53)21-15-22-41(47)54)44(27-26-33-16-11-14-23-43(33)57-6)58-48-38(51)28-34-17-9-12-19-36(34)45(48)46-37-20-13-10-18-35(37)29-39(52)49(46)59-60(7,8)50(3,4)5/h11,14-16,21-29,44H,9-10,12-13,17-20,30H2,1-8H3/b27-26+,55-42?/t44-/m0/s1. The maximum atomic E-state index is 7.65. The number of hydrogen-bond acceptors (Lipinski definition) is 4. The van der Waals surface area contributed by atoms with E-state index >= 15 is 0 Å². The van der Waals surface area contributed by atoms with Gasteiger partial charge in [-0.2, -0.15) is 0 Å². The van der Waals surface area contributed by atoms with Crippen LogP contribution in [0.4, 0.5) is 5.69 Å². The van der Waals surface area contributed by atoms with Gasteiger partial charge < -0.3 is 18.5 Å². The lowest BCUT2D eigenvalue weighted by Crippen LogP contribution is -2.44. The topological polar surface area (TPSA) is 45.0 Å². The third kappa shape index (κ3) is 9.39. The molecule has 4 aromatic carbocycles. The fraction of sp³-hybridized carbons (Fsp3) is 0.380. The van der Waals surface area contributed by atoms with Gasteiger partial charge >= 0.3 is 0 Å². The van der Waals surface area contributed by atoms with Gasteiger partial charge in [0.15, 0.2) is 6.10 Å². The minimum absolute atomic E-state index is 0.00982. The Bertz CT molecular complexity index is 2430. The first-order valence-electron chi connectivity index (χ1n) is 21.1. The number of rotatable bonds is 12. The second-order valence-electron chi connectivity index (χ2n) is 17.7. The van der Waals surface area contributed by atoms with E-state index in [4.69, 9.17) is 42.1 Å². The molecule has 0 bridgehead atoms. The van der Waals surface area contributed by atoms with E-state index in [-0.39, 0.29) is 5.04 Å². The fourth-order valence-corrected chi connectivity index (χ4v) is 11.0. The van der Waals surface area contributed by atoms with Gasteiger partial charge in [-0.05, 0) is 186 Å². The molecule has 1 aromatic heterocycles. The Kier molecular flexibility index (Phi) is 13.9. The smallest absolute Gasteiger partial charge is 0.250 e. The molecule has 0 radical (unpaired) electrons. The molecule has 5 aromatic rings. The van der Waals surface area contributed by atoms with Crippen molar-refractivity contribution in [2.45, 2.75) is 117 Å². The van der Waals surface area contributed by atoms with Crippen molar-refractivity contribution in [3.05, 3.63) is 131 Å². The van der Waals surface area contributed by atoms with E-state index in [1.54, 1.807) is 7.11 Å². The molecule has 2 aliphatic rings. The number of aliphatic imine (C=N–C) groups is 1. The number of aryl methyl sites for hydroxylation is 4. The van der Waals surface area contributed by atoms with Gasteiger partial charge in [0, 0.05) is 28.1 Å². The van der Waals surface area contributed by atoms with Gasteiger partial charge in [-0.15, -0.1) is 0 Å². The molecule has 316 valence electrons. The molecule has 2 aliphatic carbocycles. The van der Waals surface area contributed by atoms with E-state index < -0.39 is 14.4 Å². The number of hydrogen-bond donors (Lipinski definition) is 0. The lowest BCUT2D eigenvalue weighted by molar-refractivity contribution is 0.308. The number of halogens is 4. The van der Waals surface area contributed by atoms with Gasteiger partial charge in [-0.25, -0.2) is 4.99 Å². The van der Waals surface area contributed by atoms with Crippen molar-refractivity contribution in [1.29, 1.82) is 0 Å². The van der Waals surface area contributed by atoms with Crippen LogP contribution in [0, 0.1) is 13.8 Å². The summed E-state index contributed by atoms with van der Waals surface area (Å²) >= 11 is 22.0. The van der Waals surface area contributed by atoms with Crippen LogP contribution in [0.15, 0.2) is 86.7 Å². The summed E-state index contributed by atoms with van der Waals surface area (Å²) in [6, 6.07) is 22.4. The lowest BCUT2D eigenvalue weighted by atomic mass is 9.80. The zero-order valence-corrected chi connectivity index (χ0v) is 41.8. The van der Waals surface area contributed by atoms with Gasteiger partial charge in [0.1, 0.15) is 22.9 Å². The van der Waals surface area contributed by atoms with Crippen molar-refractivity contribution in [3.8, 4) is 28.4 Å². The van der Waals surface area contributed by atoms with Crippen LogP contribution in [0.3, 0.4) is 0 Å². The molecule has 7 rings (SSSR count). The molecule has 5 nitrogen and oxygen atoms in total. The van der Waals surface area contributed by atoms with Crippen molar-refractivity contribution in [1.82, 2.24) is 4.57 Å². The number of para-hydroxylation sites is 2. The predicted molar refractivity (Wildman–Crippen MR) is 262 cm³/mol. The van der Waals surface area contributed by atoms with Crippen LogP contribution in [0.1, 0.15) is 85.7 Å². The van der Waals surface area contributed by atoms with Gasteiger partial charge in [0.25, 0.3) is 8.32 Å². The zero-order valence-electron chi connectivity index (χ0n) is 36.1. The maximum Gasteiger partial charge on any atom is 0.250 e. The first-order chi connectivity index (χ1) is 28.6. The molecule has 0 N–H and O–H groups in total. The SMILES string of the molecule is COc1ccccc1/C=C/[C@H](Oc1c(Br)cc2c(c1-c1c3c(cc(Br)c1O[Si](C)(C)C(C)(C)C)CCCC3)CCCC2)C(Cn1c(C)ccc1C)=Nc1c(Cl)cccc1Cl. The normalized spacial score (nSPS) is 15.2.